The van der Waals surface area contributed by atoms with Gasteiger partial charge < -0.3 is 14.4 Å². The molecule has 1 heterocycles. The summed E-state index contributed by atoms with van der Waals surface area (Å²) in [6, 6.07) is 13.6. The molecule has 0 N–H and O–H groups in total. The highest BCUT2D eigenvalue weighted by atomic mass is 16.5. The molecule has 0 fully saturated rings. The third-order valence-electron chi connectivity index (χ3n) is 4.10. The van der Waals surface area contributed by atoms with E-state index < -0.39 is 0 Å². The molecule has 23 heavy (non-hydrogen) atoms. The molecule has 0 saturated carbocycles. The molecule has 4 heteroatoms. The number of hydrogen-bond donors (Lipinski definition) is 0. The molecule has 0 aliphatic carbocycles. The highest BCUT2D eigenvalue weighted by Crippen LogP contribution is 2.31. The van der Waals surface area contributed by atoms with Gasteiger partial charge in [0, 0.05) is 12.6 Å². The Kier molecular flexibility index (Phi) is 4.51. The third-order valence-corrected chi connectivity index (χ3v) is 4.10. The number of methoxy groups -OCH3 is 1. The van der Waals surface area contributed by atoms with E-state index in [-0.39, 0.29) is 12.5 Å². The van der Waals surface area contributed by atoms with Crippen LogP contribution in [0.1, 0.15) is 17.5 Å². The van der Waals surface area contributed by atoms with Gasteiger partial charge in [-0.05, 0) is 43.5 Å². The first-order valence-electron chi connectivity index (χ1n) is 7.84. The molecule has 0 spiro atoms. The van der Waals surface area contributed by atoms with Crippen LogP contribution >= 0.6 is 0 Å². The minimum absolute atomic E-state index is 0.0280. The second kappa shape index (κ2) is 6.73. The van der Waals surface area contributed by atoms with Crippen LogP contribution in [0, 0.1) is 6.92 Å². The van der Waals surface area contributed by atoms with Crippen LogP contribution in [0.15, 0.2) is 42.5 Å². The summed E-state index contributed by atoms with van der Waals surface area (Å²) in [6.07, 6.45) is 1.96. The molecule has 3 rings (SSSR count). The predicted molar refractivity (Wildman–Crippen MR) is 90.3 cm³/mol. The number of nitrogens with zero attached hydrogens (tertiary/aromatic N) is 1. The topological polar surface area (TPSA) is 38.8 Å². The lowest BCUT2D eigenvalue weighted by Gasteiger charge is -2.29. The molecule has 0 bridgehead atoms. The molecular formula is C19H21NO3. The SMILES string of the molecule is COc1ccc2c(c1)N(C(=O)COc1ccc(C)cc1)CCC2. The van der Waals surface area contributed by atoms with E-state index in [9.17, 15) is 4.79 Å². The van der Waals surface area contributed by atoms with Crippen LogP contribution < -0.4 is 14.4 Å². The van der Waals surface area contributed by atoms with E-state index in [1.165, 1.54) is 11.1 Å². The van der Waals surface area contributed by atoms with E-state index >= 15 is 0 Å². The molecule has 0 aromatic heterocycles. The Morgan fingerprint density at radius 3 is 2.61 bits per heavy atom. The third kappa shape index (κ3) is 3.47. The largest absolute Gasteiger partial charge is 0.497 e. The maximum absolute atomic E-state index is 12.6. The summed E-state index contributed by atoms with van der Waals surface area (Å²) >= 11 is 0. The van der Waals surface area contributed by atoms with Crippen LogP contribution in [-0.2, 0) is 11.2 Å². The van der Waals surface area contributed by atoms with Crippen LogP contribution in [0.2, 0.25) is 0 Å². The maximum Gasteiger partial charge on any atom is 0.264 e. The lowest BCUT2D eigenvalue weighted by atomic mass is 10.0. The number of fused-ring (bicyclic) bond motifs is 1. The van der Waals surface area contributed by atoms with Gasteiger partial charge in [-0.2, -0.15) is 0 Å². The Bertz CT molecular complexity index is 694. The van der Waals surface area contributed by atoms with Crippen LogP contribution in [0.25, 0.3) is 0 Å². The van der Waals surface area contributed by atoms with Crippen molar-refractivity contribution in [3.63, 3.8) is 0 Å². The Balaban J connectivity index is 1.72. The van der Waals surface area contributed by atoms with Crippen molar-refractivity contribution < 1.29 is 14.3 Å². The molecule has 1 aliphatic heterocycles. The van der Waals surface area contributed by atoms with E-state index in [1.807, 2.05) is 49.4 Å². The molecule has 2 aromatic rings. The van der Waals surface area contributed by atoms with E-state index in [1.54, 1.807) is 12.0 Å². The van der Waals surface area contributed by atoms with Crippen LogP contribution in [0.4, 0.5) is 5.69 Å². The van der Waals surface area contributed by atoms with Gasteiger partial charge >= 0.3 is 0 Å². The molecule has 0 atom stereocenters. The monoisotopic (exact) mass is 311 g/mol. The first-order chi connectivity index (χ1) is 11.2. The molecule has 0 radical (unpaired) electrons. The molecular weight excluding hydrogens is 290 g/mol. The Morgan fingerprint density at radius 2 is 1.87 bits per heavy atom. The van der Waals surface area contributed by atoms with Gasteiger partial charge in [-0.1, -0.05) is 23.8 Å². The van der Waals surface area contributed by atoms with Gasteiger partial charge in [0.25, 0.3) is 5.91 Å². The fourth-order valence-corrected chi connectivity index (χ4v) is 2.80. The molecule has 4 nitrogen and oxygen atoms in total. The minimum Gasteiger partial charge on any atom is -0.497 e. The van der Waals surface area contributed by atoms with E-state index in [2.05, 4.69) is 0 Å². The van der Waals surface area contributed by atoms with E-state index in [0.717, 1.165) is 30.8 Å². The molecule has 1 amide bonds. The zero-order valence-electron chi connectivity index (χ0n) is 13.5. The maximum atomic E-state index is 12.6. The average molecular weight is 311 g/mol. The Hall–Kier alpha value is -2.49. The summed E-state index contributed by atoms with van der Waals surface area (Å²) in [5.41, 5.74) is 3.29. The zero-order chi connectivity index (χ0) is 16.2. The van der Waals surface area contributed by atoms with Crippen molar-refractivity contribution >= 4 is 11.6 Å². The summed E-state index contributed by atoms with van der Waals surface area (Å²) in [5, 5.41) is 0. The molecule has 0 saturated heterocycles. The van der Waals surface area contributed by atoms with Crippen molar-refractivity contribution in [2.45, 2.75) is 19.8 Å². The predicted octanol–water partition coefficient (Wildman–Crippen LogP) is 3.36. The number of ether oxygens (including phenoxy) is 2. The lowest BCUT2D eigenvalue weighted by molar-refractivity contribution is -0.120. The first kappa shape index (κ1) is 15.4. The zero-order valence-corrected chi connectivity index (χ0v) is 13.5. The lowest BCUT2D eigenvalue weighted by Crippen LogP contribution is -2.38. The summed E-state index contributed by atoms with van der Waals surface area (Å²) in [4.78, 5) is 14.4. The van der Waals surface area contributed by atoms with Crippen molar-refractivity contribution in [2.24, 2.45) is 0 Å². The van der Waals surface area contributed by atoms with Crippen LogP contribution in [0.5, 0.6) is 11.5 Å². The summed E-state index contributed by atoms with van der Waals surface area (Å²) in [6.45, 7) is 2.78. The fourth-order valence-electron chi connectivity index (χ4n) is 2.80. The molecule has 2 aromatic carbocycles. The number of rotatable bonds is 4. The summed E-state index contributed by atoms with van der Waals surface area (Å²) in [5.74, 6) is 1.45. The average Bonchev–Trinajstić information content (AvgIpc) is 2.60. The number of benzene rings is 2. The first-order valence-corrected chi connectivity index (χ1v) is 7.84. The number of hydrogen-bond acceptors (Lipinski definition) is 3. The Morgan fingerprint density at radius 1 is 1.13 bits per heavy atom. The smallest absolute Gasteiger partial charge is 0.264 e. The van der Waals surface area contributed by atoms with Gasteiger partial charge in [0.1, 0.15) is 11.5 Å². The van der Waals surface area contributed by atoms with Crippen LogP contribution in [-0.4, -0.2) is 26.2 Å². The summed E-state index contributed by atoms with van der Waals surface area (Å²) in [7, 11) is 1.64. The number of anilines is 1. The van der Waals surface area contributed by atoms with Crippen molar-refractivity contribution in [3.05, 3.63) is 53.6 Å². The van der Waals surface area contributed by atoms with E-state index in [4.69, 9.17) is 9.47 Å². The standard InChI is InChI=1S/C19H21NO3/c1-14-5-8-16(9-6-14)23-13-19(21)20-11-3-4-15-7-10-17(22-2)12-18(15)20/h5-10,12H,3-4,11,13H2,1-2H3. The number of carbonyl (C=O) groups is 1. The highest BCUT2D eigenvalue weighted by Gasteiger charge is 2.23. The van der Waals surface area contributed by atoms with Crippen LogP contribution in [0.3, 0.4) is 0 Å². The van der Waals surface area contributed by atoms with Gasteiger partial charge in [-0.3, -0.25) is 4.79 Å². The normalized spacial score (nSPS) is 13.4. The second-order valence-corrected chi connectivity index (χ2v) is 5.75. The van der Waals surface area contributed by atoms with Gasteiger partial charge in [0.15, 0.2) is 6.61 Å². The molecule has 0 unspecified atom stereocenters. The fraction of sp³-hybridized carbons (Fsp3) is 0.316. The summed E-state index contributed by atoms with van der Waals surface area (Å²) < 4.78 is 10.9. The Labute approximate surface area is 136 Å². The second-order valence-electron chi connectivity index (χ2n) is 5.75. The van der Waals surface area contributed by atoms with Gasteiger partial charge in [-0.25, -0.2) is 0 Å². The minimum atomic E-state index is -0.0280. The van der Waals surface area contributed by atoms with Gasteiger partial charge in [0.2, 0.25) is 0 Å². The van der Waals surface area contributed by atoms with Gasteiger partial charge in [-0.15, -0.1) is 0 Å². The number of aryl methyl sites for hydroxylation is 2. The molecule has 120 valence electrons. The number of carbonyl (C=O) groups excluding carboxylic acids is 1. The number of amides is 1. The van der Waals surface area contributed by atoms with Crippen molar-refractivity contribution in [1.29, 1.82) is 0 Å². The van der Waals surface area contributed by atoms with E-state index in [0.29, 0.717) is 5.75 Å². The quantitative estimate of drug-likeness (QED) is 0.869. The molecule has 1 aliphatic rings. The highest BCUT2D eigenvalue weighted by molar-refractivity contribution is 5.95. The van der Waals surface area contributed by atoms with Gasteiger partial charge in [0.05, 0.1) is 12.8 Å². The van der Waals surface area contributed by atoms with Crippen molar-refractivity contribution in [2.75, 3.05) is 25.2 Å². The van der Waals surface area contributed by atoms with Crippen molar-refractivity contribution in [1.82, 2.24) is 0 Å². The van der Waals surface area contributed by atoms with Crippen molar-refractivity contribution in [3.8, 4) is 11.5 Å².